The predicted octanol–water partition coefficient (Wildman–Crippen LogP) is 3.67. The fourth-order valence-electron chi connectivity index (χ4n) is 2.20. The summed E-state index contributed by atoms with van der Waals surface area (Å²) in [6.07, 6.45) is -0.801. The Kier molecular flexibility index (Phi) is 4.11. The molecule has 0 bridgehead atoms. The molecule has 0 atom stereocenters. The molecule has 8 heteroatoms. The molecule has 0 saturated heterocycles. The van der Waals surface area contributed by atoms with Crippen molar-refractivity contribution in [2.45, 2.75) is 6.92 Å². The molecule has 0 spiro atoms. The molecule has 3 rings (SSSR count). The second-order valence-corrected chi connectivity index (χ2v) is 4.83. The zero-order chi connectivity index (χ0) is 17.1. The summed E-state index contributed by atoms with van der Waals surface area (Å²) < 4.78 is 9.89. The fraction of sp³-hybridized carbons (Fsp3) is 0.125. The van der Waals surface area contributed by atoms with Gasteiger partial charge in [-0.2, -0.15) is 0 Å². The first-order valence-electron chi connectivity index (χ1n) is 7.16. The van der Waals surface area contributed by atoms with Crippen LogP contribution < -0.4 is 4.74 Å². The van der Waals surface area contributed by atoms with Crippen LogP contribution in [0.4, 0.5) is 10.5 Å². The summed E-state index contributed by atoms with van der Waals surface area (Å²) in [7, 11) is 0. The van der Waals surface area contributed by atoms with Crippen LogP contribution in [0.15, 0.2) is 42.5 Å². The van der Waals surface area contributed by atoms with Gasteiger partial charge in [0.1, 0.15) is 11.3 Å². The molecule has 0 fully saturated rings. The summed E-state index contributed by atoms with van der Waals surface area (Å²) >= 11 is 0. The topological polar surface area (TPSA) is 107 Å². The van der Waals surface area contributed by atoms with Crippen LogP contribution >= 0.6 is 0 Å². The fourth-order valence-corrected chi connectivity index (χ4v) is 2.20. The number of fused-ring (bicyclic) bond motifs is 1. The number of non-ortho nitro benzene ring substituents is 1. The Morgan fingerprint density at radius 2 is 2.00 bits per heavy atom. The number of carbonyl (C=O) groups is 1. The van der Waals surface area contributed by atoms with Gasteiger partial charge in [0.15, 0.2) is 5.75 Å². The van der Waals surface area contributed by atoms with Crippen LogP contribution in [-0.2, 0) is 4.74 Å². The number of aromatic amines is 1. The number of hydrogen-bond acceptors (Lipinski definition) is 6. The van der Waals surface area contributed by atoms with E-state index in [4.69, 9.17) is 9.47 Å². The van der Waals surface area contributed by atoms with Gasteiger partial charge in [0.05, 0.1) is 17.0 Å². The third kappa shape index (κ3) is 3.02. The van der Waals surface area contributed by atoms with Crippen LogP contribution in [0.3, 0.4) is 0 Å². The minimum absolute atomic E-state index is 0.00111. The van der Waals surface area contributed by atoms with Crippen molar-refractivity contribution in [3.63, 3.8) is 0 Å². The molecule has 0 aliphatic rings. The van der Waals surface area contributed by atoms with Crippen molar-refractivity contribution in [2.24, 2.45) is 0 Å². The van der Waals surface area contributed by atoms with E-state index >= 15 is 0 Å². The lowest BCUT2D eigenvalue weighted by Crippen LogP contribution is -2.10. The first kappa shape index (κ1) is 15.5. The molecule has 8 nitrogen and oxygen atoms in total. The number of rotatable bonds is 4. The van der Waals surface area contributed by atoms with Crippen molar-refractivity contribution >= 4 is 22.9 Å². The van der Waals surface area contributed by atoms with Crippen molar-refractivity contribution in [2.75, 3.05) is 6.61 Å². The Labute approximate surface area is 136 Å². The summed E-state index contributed by atoms with van der Waals surface area (Å²) in [5, 5.41) is 10.7. The number of nitro benzene ring substituents is 1. The molecule has 2 aromatic carbocycles. The standard InChI is InChI=1S/C16H13N3O5/c1-2-23-16(20)24-13-5-3-4-12-14(13)18-15(17-12)10-6-8-11(9-7-10)19(21)22/h3-9H,2H2,1H3,(H,17,18). The first-order valence-corrected chi connectivity index (χ1v) is 7.16. The van der Waals surface area contributed by atoms with E-state index in [-0.39, 0.29) is 18.0 Å². The molecular weight excluding hydrogens is 314 g/mol. The lowest BCUT2D eigenvalue weighted by atomic mass is 10.2. The van der Waals surface area contributed by atoms with E-state index < -0.39 is 11.1 Å². The summed E-state index contributed by atoms with van der Waals surface area (Å²) in [5.41, 5.74) is 1.82. The number of nitro groups is 1. The van der Waals surface area contributed by atoms with E-state index in [0.29, 0.717) is 22.4 Å². The zero-order valence-corrected chi connectivity index (χ0v) is 12.7. The largest absolute Gasteiger partial charge is 0.513 e. The summed E-state index contributed by atoms with van der Waals surface area (Å²) in [6, 6.07) is 11.1. The Hall–Kier alpha value is -3.42. The number of carbonyl (C=O) groups excluding carboxylic acids is 1. The highest BCUT2D eigenvalue weighted by Gasteiger charge is 2.14. The average Bonchev–Trinajstić information content (AvgIpc) is 3.00. The smallest absolute Gasteiger partial charge is 0.434 e. The molecule has 3 aromatic rings. The van der Waals surface area contributed by atoms with Gasteiger partial charge in [-0.3, -0.25) is 10.1 Å². The molecule has 0 unspecified atom stereocenters. The van der Waals surface area contributed by atoms with E-state index in [1.165, 1.54) is 12.1 Å². The van der Waals surface area contributed by atoms with Gasteiger partial charge in [-0.1, -0.05) is 6.07 Å². The third-order valence-corrected chi connectivity index (χ3v) is 3.28. The van der Waals surface area contributed by atoms with Crippen molar-refractivity contribution in [1.82, 2.24) is 9.97 Å². The van der Waals surface area contributed by atoms with Crippen LogP contribution in [0, 0.1) is 10.1 Å². The number of nitrogens with one attached hydrogen (secondary N) is 1. The molecular formula is C16H13N3O5. The van der Waals surface area contributed by atoms with E-state index in [1.54, 1.807) is 37.3 Å². The van der Waals surface area contributed by atoms with Gasteiger partial charge < -0.3 is 14.5 Å². The van der Waals surface area contributed by atoms with E-state index in [2.05, 4.69) is 9.97 Å². The lowest BCUT2D eigenvalue weighted by molar-refractivity contribution is -0.384. The minimum Gasteiger partial charge on any atom is -0.434 e. The Balaban J connectivity index is 1.96. The van der Waals surface area contributed by atoms with Crippen molar-refractivity contribution in [1.29, 1.82) is 0 Å². The lowest BCUT2D eigenvalue weighted by Gasteiger charge is -2.03. The van der Waals surface area contributed by atoms with Gasteiger partial charge in [-0.15, -0.1) is 0 Å². The number of hydrogen-bond donors (Lipinski definition) is 1. The molecule has 0 aliphatic heterocycles. The molecule has 1 aromatic heterocycles. The maximum absolute atomic E-state index is 11.5. The van der Waals surface area contributed by atoms with E-state index in [0.717, 1.165) is 0 Å². The zero-order valence-electron chi connectivity index (χ0n) is 12.7. The molecule has 122 valence electrons. The molecule has 24 heavy (non-hydrogen) atoms. The Bertz CT molecular complexity index is 902. The van der Waals surface area contributed by atoms with Gasteiger partial charge in [-0.05, 0) is 31.2 Å². The van der Waals surface area contributed by atoms with E-state index in [1.807, 2.05) is 0 Å². The maximum Gasteiger partial charge on any atom is 0.513 e. The van der Waals surface area contributed by atoms with Crippen molar-refractivity contribution in [3.05, 3.63) is 52.6 Å². The highest BCUT2D eigenvalue weighted by atomic mass is 16.7. The Morgan fingerprint density at radius 3 is 2.67 bits per heavy atom. The van der Waals surface area contributed by atoms with Crippen molar-refractivity contribution in [3.8, 4) is 17.1 Å². The van der Waals surface area contributed by atoms with Gasteiger partial charge in [0.2, 0.25) is 0 Å². The number of H-pyrrole nitrogens is 1. The highest BCUT2D eigenvalue weighted by Crippen LogP contribution is 2.28. The first-order chi connectivity index (χ1) is 11.6. The SMILES string of the molecule is CCOC(=O)Oc1cccc2[nH]c(-c3ccc([N+](=O)[O-])cc3)nc12. The van der Waals surface area contributed by atoms with Gasteiger partial charge >= 0.3 is 6.16 Å². The molecule has 0 radical (unpaired) electrons. The number of nitrogens with zero attached hydrogens (tertiary/aromatic N) is 2. The van der Waals surface area contributed by atoms with Crippen LogP contribution in [0.1, 0.15) is 6.92 Å². The normalized spacial score (nSPS) is 10.5. The van der Waals surface area contributed by atoms with Gasteiger partial charge in [0, 0.05) is 17.7 Å². The van der Waals surface area contributed by atoms with Crippen LogP contribution in [0.2, 0.25) is 0 Å². The molecule has 0 aliphatic carbocycles. The summed E-state index contributed by atoms with van der Waals surface area (Å²) in [6.45, 7) is 1.90. The molecule has 1 N–H and O–H groups in total. The quantitative estimate of drug-likeness (QED) is 0.339. The third-order valence-electron chi connectivity index (χ3n) is 3.28. The second-order valence-electron chi connectivity index (χ2n) is 4.83. The maximum atomic E-state index is 11.5. The summed E-state index contributed by atoms with van der Waals surface area (Å²) in [5.74, 6) is 0.787. The number of imidazole rings is 1. The summed E-state index contributed by atoms with van der Waals surface area (Å²) in [4.78, 5) is 29.2. The average molecular weight is 327 g/mol. The minimum atomic E-state index is -0.801. The predicted molar refractivity (Wildman–Crippen MR) is 85.8 cm³/mol. The highest BCUT2D eigenvalue weighted by molar-refractivity contribution is 5.86. The number of para-hydroxylation sites is 1. The Morgan fingerprint density at radius 1 is 1.25 bits per heavy atom. The molecule has 0 saturated carbocycles. The number of ether oxygens (including phenoxy) is 2. The van der Waals surface area contributed by atoms with E-state index in [9.17, 15) is 14.9 Å². The molecule has 1 heterocycles. The van der Waals surface area contributed by atoms with Crippen LogP contribution in [-0.4, -0.2) is 27.7 Å². The van der Waals surface area contributed by atoms with Crippen LogP contribution in [0.25, 0.3) is 22.4 Å². The second kappa shape index (κ2) is 6.37. The number of benzene rings is 2. The van der Waals surface area contributed by atoms with Crippen molar-refractivity contribution < 1.29 is 19.2 Å². The van der Waals surface area contributed by atoms with Crippen LogP contribution in [0.5, 0.6) is 5.75 Å². The monoisotopic (exact) mass is 327 g/mol. The van der Waals surface area contributed by atoms with Gasteiger partial charge in [0.25, 0.3) is 5.69 Å². The number of aromatic nitrogens is 2. The molecule has 0 amide bonds. The van der Waals surface area contributed by atoms with Gasteiger partial charge in [-0.25, -0.2) is 9.78 Å².